The highest BCUT2D eigenvalue weighted by Gasteiger charge is 2.20. The molecule has 0 radical (unpaired) electrons. The molecule has 0 unspecified atom stereocenters. The Bertz CT molecular complexity index is 804. The average molecular weight is 360 g/mol. The number of hydrogen-bond acceptors (Lipinski definition) is 3. The fourth-order valence-corrected chi connectivity index (χ4v) is 3.38. The minimum atomic E-state index is -3.53. The van der Waals surface area contributed by atoms with Gasteiger partial charge in [-0.25, -0.2) is 8.42 Å². The summed E-state index contributed by atoms with van der Waals surface area (Å²) in [4.78, 5) is 12.2. The van der Waals surface area contributed by atoms with Crippen molar-refractivity contribution in [1.29, 1.82) is 0 Å². The lowest BCUT2D eigenvalue weighted by Gasteiger charge is -2.22. The molecule has 0 saturated carbocycles. The van der Waals surface area contributed by atoms with Crippen LogP contribution in [0.5, 0.6) is 0 Å². The maximum Gasteiger partial charge on any atom is 0.240 e. The van der Waals surface area contributed by atoms with Gasteiger partial charge in [-0.1, -0.05) is 42.5 Å². The molecule has 0 aliphatic carbocycles. The van der Waals surface area contributed by atoms with Crippen LogP contribution in [0.1, 0.15) is 17.5 Å². The van der Waals surface area contributed by atoms with Gasteiger partial charge in [0.15, 0.2) is 0 Å². The van der Waals surface area contributed by atoms with Crippen LogP contribution in [-0.4, -0.2) is 33.7 Å². The van der Waals surface area contributed by atoms with Crippen LogP contribution < -0.4 is 9.62 Å². The van der Waals surface area contributed by atoms with Gasteiger partial charge >= 0.3 is 0 Å². The number of anilines is 1. The van der Waals surface area contributed by atoms with Crippen LogP contribution in [0.4, 0.5) is 5.69 Å². The van der Waals surface area contributed by atoms with Crippen molar-refractivity contribution in [2.24, 2.45) is 0 Å². The lowest BCUT2D eigenvalue weighted by molar-refractivity contribution is -0.119. The molecule has 134 valence electrons. The largest absolute Gasteiger partial charge is 0.355 e. The normalized spacial score (nSPS) is 11.1. The van der Waals surface area contributed by atoms with Crippen molar-refractivity contribution in [3.8, 4) is 0 Å². The Balaban J connectivity index is 1.89. The van der Waals surface area contributed by atoms with Gasteiger partial charge in [-0.15, -0.1) is 0 Å². The Morgan fingerprint density at radius 2 is 1.80 bits per heavy atom. The van der Waals surface area contributed by atoms with Gasteiger partial charge in [0.25, 0.3) is 0 Å². The van der Waals surface area contributed by atoms with Crippen LogP contribution in [0.25, 0.3) is 0 Å². The summed E-state index contributed by atoms with van der Waals surface area (Å²) in [6, 6.07) is 17.1. The molecule has 5 nitrogen and oxygen atoms in total. The zero-order valence-electron chi connectivity index (χ0n) is 14.6. The number of sulfonamides is 1. The quantitative estimate of drug-likeness (QED) is 0.736. The topological polar surface area (TPSA) is 66.5 Å². The van der Waals surface area contributed by atoms with Crippen LogP contribution in [0.3, 0.4) is 0 Å². The Kier molecular flexibility index (Phi) is 6.58. The second-order valence-electron chi connectivity index (χ2n) is 6.05. The highest BCUT2D eigenvalue weighted by atomic mass is 32.2. The Hall–Kier alpha value is -2.34. The van der Waals surface area contributed by atoms with E-state index in [1.807, 2.05) is 43.3 Å². The van der Waals surface area contributed by atoms with Crippen LogP contribution in [0.15, 0.2) is 54.6 Å². The van der Waals surface area contributed by atoms with Gasteiger partial charge in [0.2, 0.25) is 15.9 Å². The molecule has 0 spiro atoms. The molecule has 0 fully saturated rings. The van der Waals surface area contributed by atoms with E-state index in [0.29, 0.717) is 12.2 Å². The zero-order valence-corrected chi connectivity index (χ0v) is 15.4. The summed E-state index contributed by atoms with van der Waals surface area (Å²) < 4.78 is 25.2. The van der Waals surface area contributed by atoms with Crippen LogP contribution >= 0.6 is 0 Å². The van der Waals surface area contributed by atoms with Gasteiger partial charge in [-0.05, 0) is 43.0 Å². The molecule has 0 bridgehead atoms. The van der Waals surface area contributed by atoms with E-state index in [0.717, 1.165) is 29.0 Å². The van der Waals surface area contributed by atoms with E-state index in [1.54, 1.807) is 18.2 Å². The fraction of sp³-hybridized carbons (Fsp3) is 0.316. The molecule has 0 aliphatic rings. The summed E-state index contributed by atoms with van der Waals surface area (Å²) in [6.07, 6.45) is 2.78. The third-order valence-corrected chi connectivity index (χ3v) is 4.92. The van der Waals surface area contributed by atoms with E-state index in [2.05, 4.69) is 5.32 Å². The first kappa shape index (κ1) is 19.0. The van der Waals surface area contributed by atoms with Gasteiger partial charge < -0.3 is 5.32 Å². The predicted octanol–water partition coefficient (Wildman–Crippen LogP) is 2.51. The monoisotopic (exact) mass is 360 g/mol. The van der Waals surface area contributed by atoms with E-state index < -0.39 is 10.0 Å². The van der Waals surface area contributed by atoms with E-state index in [-0.39, 0.29) is 12.5 Å². The second kappa shape index (κ2) is 8.67. The van der Waals surface area contributed by atoms with Gasteiger partial charge in [0.05, 0.1) is 11.9 Å². The number of benzene rings is 2. The Labute approximate surface area is 149 Å². The first-order chi connectivity index (χ1) is 11.9. The minimum absolute atomic E-state index is 0.215. The number of hydrogen-bond donors (Lipinski definition) is 1. The molecular formula is C19H24N2O3S. The van der Waals surface area contributed by atoms with Gasteiger partial charge in [-0.2, -0.15) is 0 Å². The summed E-state index contributed by atoms with van der Waals surface area (Å²) in [7, 11) is -3.53. The molecule has 0 aromatic heterocycles. The molecule has 25 heavy (non-hydrogen) atoms. The number of nitrogens with one attached hydrogen (secondary N) is 1. The average Bonchev–Trinajstić information content (AvgIpc) is 2.56. The van der Waals surface area contributed by atoms with Crippen LogP contribution in [0.2, 0.25) is 0 Å². The lowest BCUT2D eigenvalue weighted by atomic mass is 10.1. The van der Waals surface area contributed by atoms with Crippen LogP contribution in [-0.2, 0) is 21.2 Å². The lowest BCUT2D eigenvalue weighted by Crippen LogP contribution is -2.40. The summed E-state index contributed by atoms with van der Waals surface area (Å²) in [5.74, 6) is -0.306. The van der Waals surface area contributed by atoms with Crippen LogP contribution in [0, 0.1) is 6.92 Å². The van der Waals surface area contributed by atoms with E-state index in [9.17, 15) is 13.2 Å². The van der Waals surface area contributed by atoms with E-state index >= 15 is 0 Å². The summed E-state index contributed by atoms with van der Waals surface area (Å²) >= 11 is 0. The maximum atomic E-state index is 12.2. The number of carbonyl (C=O) groups is 1. The van der Waals surface area contributed by atoms with E-state index in [1.165, 1.54) is 5.56 Å². The number of nitrogens with zero attached hydrogens (tertiary/aromatic N) is 1. The summed E-state index contributed by atoms with van der Waals surface area (Å²) in [5, 5.41) is 2.79. The molecular weight excluding hydrogens is 336 g/mol. The Morgan fingerprint density at radius 1 is 1.08 bits per heavy atom. The number of aryl methyl sites for hydroxylation is 2. The highest BCUT2D eigenvalue weighted by molar-refractivity contribution is 7.92. The van der Waals surface area contributed by atoms with Crippen molar-refractivity contribution in [2.45, 2.75) is 19.8 Å². The molecule has 6 heteroatoms. The molecule has 2 rings (SSSR count). The number of rotatable bonds is 8. The minimum Gasteiger partial charge on any atom is -0.355 e. The summed E-state index contributed by atoms with van der Waals surface area (Å²) in [5.41, 5.74) is 2.66. The van der Waals surface area contributed by atoms with E-state index in [4.69, 9.17) is 0 Å². The molecule has 0 heterocycles. The predicted molar refractivity (Wildman–Crippen MR) is 101 cm³/mol. The molecule has 0 saturated heterocycles. The molecule has 0 atom stereocenters. The first-order valence-corrected chi connectivity index (χ1v) is 10.1. The van der Waals surface area contributed by atoms with Crippen molar-refractivity contribution in [3.05, 3.63) is 65.7 Å². The zero-order chi connectivity index (χ0) is 18.3. The van der Waals surface area contributed by atoms with Crippen molar-refractivity contribution >= 4 is 21.6 Å². The molecule has 1 N–H and O–H groups in total. The highest BCUT2D eigenvalue weighted by Crippen LogP contribution is 2.18. The SMILES string of the molecule is Cc1cccc(N(CC(=O)NCCCc2ccccc2)S(C)(=O)=O)c1. The van der Waals surface area contributed by atoms with Crippen molar-refractivity contribution in [2.75, 3.05) is 23.7 Å². The van der Waals surface area contributed by atoms with Crippen molar-refractivity contribution in [1.82, 2.24) is 5.32 Å². The number of amides is 1. The molecule has 0 aliphatic heterocycles. The third kappa shape index (κ3) is 6.23. The smallest absolute Gasteiger partial charge is 0.240 e. The second-order valence-corrected chi connectivity index (χ2v) is 7.95. The standard InChI is InChI=1S/C19H24N2O3S/c1-16-8-6-12-18(14-16)21(25(2,23)24)15-19(22)20-13-7-11-17-9-4-3-5-10-17/h3-6,8-10,12,14H,7,11,13,15H2,1-2H3,(H,20,22). The maximum absolute atomic E-state index is 12.2. The van der Waals surface area contributed by atoms with Gasteiger partial charge in [0, 0.05) is 6.54 Å². The Morgan fingerprint density at radius 3 is 2.44 bits per heavy atom. The van der Waals surface area contributed by atoms with Crippen molar-refractivity contribution < 1.29 is 13.2 Å². The third-order valence-electron chi connectivity index (χ3n) is 3.78. The van der Waals surface area contributed by atoms with Gasteiger partial charge in [-0.3, -0.25) is 9.10 Å². The molecule has 2 aromatic carbocycles. The molecule has 1 amide bonds. The first-order valence-electron chi connectivity index (χ1n) is 8.21. The van der Waals surface area contributed by atoms with Crippen molar-refractivity contribution in [3.63, 3.8) is 0 Å². The molecule has 2 aromatic rings. The summed E-state index contributed by atoms with van der Waals surface area (Å²) in [6.45, 7) is 2.18. The fourth-order valence-electron chi connectivity index (χ4n) is 2.53. The number of carbonyl (C=O) groups excluding carboxylic acids is 1. The van der Waals surface area contributed by atoms with Gasteiger partial charge in [0.1, 0.15) is 6.54 Å².